The second-order valence-electron chi connectivity index (χ2n) is 6.22. The van der Waals surface area contributed by atoms with Gasteiger partial charge >= 0.3 is 0 Å². The molecule has 3 aromatic rings. The molecule has 2 atom stereocenters. The molecule has 9 heteroatoms. The predicted molar refractivity (Wildman–Crippen MR) is 85.6 cm³/mol. The fourth-order valence-electron chi connectivity index (χ4n) is 3.53. The van der Waals surface area contributed by atoms with Crippen LogP contribution in [0.2, 0.25) is 0 Å². The van der Waals surface area contributed by atoms with Crippen molar-refractivity contribution < 1.29 is 9.53 Å². The third-order valence-electron chi connectivity index (χ3n) is 4.76. The molecule has 5 rings (SSSR count). The number of hydrogen-bond acceptors (Lipinski definition) is 6. The average Bonchev–Trinajstić information content (AvgIpc) is 3.29. The Labute approximate surface area is 141 Å². The van der Waals surface area contributed by atoms with Crippen LogP contribution in [0, 0.1) is 0 Å². The smallest absolute Gasteiger partial charge is 0.228 e. The van der Waals surface area contributed by atoms with E-state index in [1.54, 1.807) is 17.5 Å². The number of thiazole rings is 1. The third kappa shape index (κ3) is 2.23. The molecule has 2 aliphatic rings. The van der Waals surface area contributed by atoms with Gasteiger partial charge in [0.2, 0.25) is 5.91 Å². The lowest BCUT2D eigenvalue weighted by Crippen LogP contribution is -2.50. The van der Waals surface area contributed by atoms with Gasteiger partial charge in [0.05, 0.1) is 42.8 Å². The van der Waals surface area contributed by atoms with Crippen LogP contribution < -0.4 is 0 Å². The number of ether oxygens (including phenoxy) is 1. The number of aromatic nitrogens is 5. The van der Waals surface area contributed by atoms with Crippen LogP contribution in [-0.4, -0.2) is 54.4 Å². The lowest BCUT2D eigenvalue weighted by Gasteiger charge is -2.41. The lowest BCUT2D eigenvalue weighted by atomic mass is 10.00. The summed E-state index contributed by atoms with van der Waals surface area (Å²) in [4.78, 5) is 20.0. The van der Waals surface area contributed by atoms with E-state index in [0.717, 1.165) is 22.8 Å². The lowest BCUT2D eigenvalue weighted by molar-refractivity contribution is -0.137. The predicted octanol–water partition coefficient (Wildman–Crippen LogP) is 0.902. The summed E-state index contributed by atoms with van der Waals surface area (Å²) < 4.78 is 9.76. The molecule has 1 saturated heterocycles. The zero-order valence-electron chi connectivity index (χ0n) is 12.9. The monoisotopic (exact) mass is 344 g/mol. The first-order valence-corrected chi connectivity index (χ1v) is 8.85. The van der Waals surface area contributed by atoms with Gasteiger partial charge in [-0.25, -0.2) is 9.67 Å². The van der Waals surface area contributed by atoms with Crippen LogP contribution in [0.1, 0.15) is 23.9 Å². The van der Waals surface area contributed by atoms with E-state index in [1.807, 2.05) is 31.8 Å². The molecular formula is C15H16N6O2S. The summed E-state index contributed by atoms with van der Waals surface area (Å²) in [6.45, 7) is 1.88. The Morgan fingerprint density at radius 2 is 2.42 bits per heavy atom. The topological polar surface area (TPSA) is 77.6 Å². The van der Waals surface area contributed by atoms with Crippen LogP contribution in [0.15, 0.2) is 24.0 Å². The fraction of sp³-hybridized carbons (Fsp3) is 0.467. The molecule has 0 saturated carbocycles. The number of rotatable bonds is 2. The van der Waals surface area contributed by atoms with Crippen molar-refractivity contribution in [3.63, 3.8) is 0 Å². The molecule has 0 aliphatic carbocycles. The minimum Gasteiger partial charge on any atom is -0.370 e. The van der Waals surface area contributed by atoms with Crippen molar-refractivity contribution in [2.45, 2.75) is 31.6 Å². The zero-order valence-corrected chi connectivity index (χ0v) is 13.7. The summed E-state index contributed by atoms with van der Waals surface area (Å²) >= 11 is 1.57. The quantitative estimate of drug-likeness (QED) is 0.690. The maximum absolute atomic E-state index is 12.7. The first kappa shape index (κ1) is 14.1. The van der Waals surface area contributed by atoms with Crippen molar-refractivity contribution in [3.05, 3.63) is 35.4 Å². The Morgan fingerprint density at radius 1 is 1.46 bits per heavy atom. The van der Waals surface area contributed by atoms with Crippen LogP contribution >= 0.6 is 11.3 Å². The highest BCUT2D eigenvalue weighted by atomic mass is 32.1. The van der Waals surface area contributed by atoms with Gasteiger partial charge in [0.1, 0.15) is 0 Å². The number of nitrogens with zero attached hydrogens (tertiary/aromatic N) is 6. The summed E-state index contributed by atoms with van der Waals surface area (Å²) in [6, 6.07) is 0.0550. The van der Waals surface area contributed by atoms with Crippen molar-refractivity contribution in [2.75, 3.05) is 13.1 Å². The largest absolute Gasteiger partial charge is 0.370 e. The number of piperidine rings is 1. The highest BCUT2D eigenvalue weighted by Crippen LogP contribution is 2.30. The van der Waals surface area contributed by atoms with E-state index in [2.05, 4.69) is 15.3 Å². The molecule has 1 fully saturated rings. The van der Waals surface area contributed by atoms with E-state index >= 15 is 0 Å². The standard InChI is InChI=1S/C15H16N6O2S/c22-14(5-10-7-20-3-4-24-15(20)17-10)19-2-1-13-12(8-19)21-11(9-23-13)6-16-18-21/h3-4,6-7,12-13H,1-2,5,8-9H2/t12-,13+/m0/s1. The summed E-state index contributed by atoms with van der Waals surface area (Å²) in [5.41, 5.74) is 1.79. The third-order valence-corrected chi connectivity index (χ3v) is 5.53. The number of carbonyl (C=O) groups is 1. The van der Waals surface area contributed by atoms with Crippen molar-refractivity contribution in [2.24, 2.45) is 0 Å². The SMILES string of the molecule is O=C(Cc1cn2ccsc2n1)N1CC[C@H]2OCc3cnnn3[C@H]2C1. The number of amides is 1. The Bertz CT molecular complexity index is 870. The molecular weight excluding hydrogens is 328 g/mol. The summed E-state index contributed by atoms with van der Waals surface area (Å²) in [7, 11) is 0. The molecule has 5 heterocycles. The molecule has 0 unspecified atom stereocenters. The Morgan fingerprint density at radius 3 is 3.33 bits per heavy atom. The van der Waals surface area contributed by atoms with Crippen LogP contribution in [0.4, 0.5) is 0 Å². The second kappa shape index (κ2) is 5.38. The van der Waals surface area contributed by atoms with Crippen LogP contribution in [-0.2, 0) is 22.6 Å². The Balaban J connectivity index is 1.33. The van der Waals surface area contributed by atoms with Gasteiger partial charge in [0, 0.05) is 30.9 Å². The minimum atomic E-state index is 0.0550. The average molecular weight is 344 g/mol. The maximum atomic E-state index is 12.7. The van der Waals surface area contributed by atoms with Gasteiger partial charge in [-0.3, -0.25) is 9.20 Å². The summed E-state index contributed by atoms with van der Waals surface area (Å²) in [5.74, 6) is 0.103. The number of carbonyl (C=O) groups excluding carboxylic acids is 1. The molecule has 0 N–H and O–H groups in total. The van der Waals surface area contributed by atoms with E-state index in [9.17, 15) is 4.79 Å². The van der Waals surface area contributed by atoms with Crippen LogP contribution in [0.25, 0.3) is 4.96 Å². The van der Waals surface area contributed by atoms with Gasteiger partial charge in [0.15, 0.2) is 4.96 Å². The minimum absolute atomic E-state index is 0.0550. The molecule has 0 aromatic carbocycles. The molecule has 24 heavy (non-hydrogen) atoms. The van der Waals surface area contributed by atoms with Crippen LogP contribution in [0.5, 0.6) is 0 Å². The van der Waals surface area contributed by atoms with Gasteiger partial charge in [0.25, 0.3) is 0 Å². The second-order valence-corrected chi connectivity index (χ2v) is 7.09. The number of likely N-dealkylation sites (tertiary alicyclic amines) is 1. The first-order chi connectivity index (χ1) is 11.8. The van der Waals surface area contributed by atoms with Gasteiger partial charge < -0.3 is 9.64 Å². The van der Waals surface area contributed by atoms with E-state index in [-0.39, 0.29) is 18.1 Å². The van der Waals surface area contributed by atoms with Gasteiger partial charge in [-0.1, -0.05) is 5.21 Å². The van der Waals surface area contributed by atoms with Crippen molar-refractivity contribution in [3.8, 4) is 0 Å². The molecule has 124 valence electrons. The first-order valence-electron chi connectivity index (χ1n) is 7.97. The van der Waals surface area contributed by atoms with Gasteiger partial charge in [-0.05, 0) is 6.42 Å². The Hall–Kier alpha value is -2.26. The van der Waals surface area contributed by atoms with Crippen LogP contribution in [0.3, 0.4) is 0 Å². The van der Waals surface area contributed by atoms with Crippen molar-refractivity contribution >= 4 is 22.2 Å². The van der Waals surface area contributed by atoms with E-state index in [4.69, 9.17) is 4.74 Å². The summed E-state index contributed by atoms with van der Waals surface area (Å²) in [6.07, 6.45) is 6.88. The molecule has 0 radical (unpaired) electrons. The normalized spacial score (nSPS) is 23.2. The molecule has 0 spiro atoms. The molecule has 0 bridgehead atoms. The number of hydrogen-bond donors (Lipinski definition) is 0. The van der Waals surface area contributed by atoms with Crippen molar-refractivity contribution in [1.82, 2.24) is 29.3 Å². The molecule has 1 amide bonds. The van der Waals surface area contributed by atoms with E-state index < -0.39 is 0 Å². The molecule has 2 aliphatic heterocycles. The van der Waals surface area contributed by atoms with Crippen molar-refractivity contribution in [1.29, 1.82) is 0 Å². The summed E-state index contributed by atoms with van der Waals surface area (Å²) in [5, 5.41) is 10.1. The highest BCUT2D eigenvalue weighted by molar-refractivity contribution is 7.15. The maximum Gasteiger partial charge on any atom is 0.228 e. The van der Waals surface area contributed by atoms with E-state index in [1.165, 1.54) is 0 Å². The number of imidazole rings is 1. The van der Waals surface area contributed by atoms with Gasteiger partial charge in [-0.15, -0.1) is 16.4 Å². The van der Waals surface area contributed by atoms with Gasteiger partial charge in [-0.2, -0.15) is 0 Å². The Kier molecular flexibility index (Phi) is 3.17. The highest BCUT2D eigenvalue weighted by Gasteiger charge is 2.37. The zero-order chi connectivity index (χ0) is 16.1. The fourth-order valence-corrected chi connectivity index (χ4v) is 4.25. The number of fused-ring (bicyclic) bond motifs is 4. The van der Waals surface area contributed by atoms with E-state index in [0.29, 0.717) is 26.1 Å². The molecule has 8 nitrogen and oxygen atoms in total. The molecule has 3 aromatic heterocycles.